The maximum atomic E-state index is 11.7. The highest BCUT2D eigenvalue weighted by Crippen LogP contribution is 2.23. The van der Waals surface area contributed by atoms with E-state index in [1.807, 2.05) is 19.1 Å². The van der Waals surface area contributed by atoms with Crippen LogP contribution in [0.1, 0.15) is 38.2 Å². The predicted molar refractivity (Wildman–Crippen MR) is 76.9 cm³/mol. The fraction of sp³-hybridized carbons (Fsp3) is 0.375. The molecule has 4 heteroatoms. The van der Waals surface area contributed by atoms with E-state index in [0.29, 0.717) is 32.2 Å². The third-order valence-corrected chi connectivity index (χ3v) is 3.55. The minimum Gasteiger partial charge on any atom is -0.508 e. The van der Waals surface area contributed by atoms with Crippen LogP contribution in [0.25, 0.3) is 5.57 Å². The lowest BCUT2D eigenvalue weighted by Gasteiger charge is -2.25. The van der Waals surface area contributed by atoms with Crippen molar-refractivity contribution in [3.63, 3.8) is 0 Å². The molecule has 0 saturated carbocycles. The van der Waals surface area contributed by atoms with Crippen LogP contribution in [0, 0.1) is 0 Å². The van der Waals surface area contributed by atoms with Gasteiger partial charge in [0.1, 0.15) is 5.75 Å². The number of phenols is 1. The van der Waals surface area contributed by atoms with E-state index in [-0.39, 0.29) is 17.6 Å². The average Bonchev–Trinajstić information content (AvgIpc) is 2.42. The Kier molecular flexibility index (Phi) is 4.56. The second-order valence-electron chi connectivity index (χ2n) is 4.91. The van der Waals surface area contributed by atoms with Crippen LogP contribution in [-0.4, -0.2) is 28.4 Å². The lowest BCUT2D eigenvalue weighted by atomic mass is 10.0. The van der Waals surface area contributed by atoms with Gasteiger partial charge in [-0.1, -0.05) is 18.2 Å². The molecule has 20 heavy (non-hydrogen) atoms. The Bertz CT molecular complexity index is 532. The number of benzene rings is 1. The molecule has 0 bridgehead atoms. The van der Waals surface area contributed by atoms with Gasteiger partial charge in [-0.25, -0.2) is 0 Å². The molecule has 0 spiro atoms. The largest absolute Gasteiger partial charge is 0.508 e. The topological polar surface area (TPSA) is 57.6 Å². The number of rotatable bonds is 4. The van der Waals surface area contributed by atoms with Gasteiger partial charge in [0.15, 0.2) is 0 Å². The van der Waals surface area contributed by atoms with Gasteiger partial charge in [0.25, 0.3) is 0 Å². The molecule has 0 atom stereocenters. The van der Waals surface area contributed by atoms with Gasteiger partial charge in [-0.15, -0.1) is 0 Å². The zero-order valence-electron chi connectivity index (χ0n) is 11.6. The predicted octanol–water partition coefficient (Wildman–Crippen LogP) is 2.72. The Hall–Kier alpha value is -2.10. The van der Waals surface area contributed by atoms with Gasteiger partial charge < -0.3 is 5.11 Å². The first kappa shape index (κ1) is 14.3. The normalized spacial score (nSPS) is 16.6. The van der Waals surface area contributed by atoms with Gasteiger partial charge in [-0.3, -0.25) is 14.5 Å². The van der Waals surface area contributed by atoms with Crippen LogP contribution < -0.4 is 0 Å². The quantitative estimate of drug-likeness (QED) is 0.858. The molecule has 1 aliphatic heterocycles. The zero-order chi connectivity index (χ0) is 14.5. The fourth-order valence-corrected chi connectivity index (χ4v) is 2.44. The van der Waals surface area contributed by atoms with E-state index in [1.165, 1.54) is 4.90 Å². The van der Waals surface area contributed by atoms with Crippen molar-refractivity contribution >= 4 is 17.4 Å². The Morgan fingerprint density at radius 1 is 1.30 bits per heavy atom. The lowest BCUT2D eigenvalue weighted by Crippen LogP contribution is -2.40. The number of piperidine rings is 1. The van der Waals surface area contributed by atoms with E-state index in [1.54, 1.807) is 18.2 Å². The lowest BCUT2D eigenvalue weighted by molar-refractivity contribution is -0.147. The molecule has 106 valence electrons. The van der Waals surface area contributed by atoms with Crippen LogP contribution in [0.2, 0.25) is 0 Å². The third-order valence-electron chi connectivity index (χ3n) is 3.55. The average molecular weight is 273 g/mol. The van der Waals surface area contributed by atoms with Crippen molar-refractivity contribution in [3.05, 3.63) is 35.9 Å². The van der Waals surface area contributed by atoms with Crippen LogP contribution in [0.4, 0.5) is 0 Å². The van der Waals surface area contributed by atoms with Gasteiger partial charge in [-0.05, 0) is 43.0 Å². The smallest absolute Gasteiger partial charge is 0.229 e. The van der Waals surface area contributed by atoms with Gasteiger partial charge in [0.05, 0.1) is 0 Å². The van der Waals surface area contributed by atoms with Gasteiger partial charge in [0.2, 0.25) is 11.8 Å². The Morgan fingerprint density at radius 2 is 2.00 bits per heavy atom. The summed E-state index contributed by atoms with van der Waals surface area (Å²) < 4.78 is 0. The van der Waals surface area contributed by atoms with E-state index >= 15 is 0 Å². The number of imide groups is 1. The minimum absolute atomic E-state index is 0.0763. The number of nitrogens with zero attached hydrogens (tertiary/aromatic N) is 1. The minimum atomic E-state index is -0.0763. The van der Waals surface area contributed by atoms with Crippen LogP contribution in [0.3, 0.4) is 0 Å². The number of likely N-dealkylation sites (tertiary alicyclic amines) is 1. The van der Waals surface area contributed by atoms with Crippen LogP contribution >= 0.6 is 0 Å². The van der Waals surface area contributed by atoms with Gasteiger partial charge in [-0.2, -0.15) is 0 Å². The molecule has 1 aromatic rings. The monoisotopic (exact) mass is 273 g/mol. The first-order valence-electron chi connectivity index (χ1n) is 6.89. The van der Waals surface area contributed by atoms with Crippen molar-refractivity contribution < 1.29 is 14.7 Å². The molecule has 0 aromatic heterocycles. The number of aromatic hydroxyl groups is 1. The van der Waals surface area contributed by atoms with E-state index in [9.17, 15) is 14.7 Å². The number of carbonyl (C=O) groups excluding carboxylic acids is 2. The van der Waals surface area contributed by atoms with E-state index in [0.717, 1.165) is 11.1 Å². The van der Waals surface area contributed by atoms with Crippen molar-refractivity contribution in [2.24, 2.45) is 0 Å². The van der Waals surface area contributed by atoms with E-state index in [2.05, 4.69) is 0 Å². The summed E-state index contributed by atoms with van der Waals surface area (Å²) in [5.74, 6) is 0.0622. The standard InChI is InChI=1S/C16H19NO3/c1-2-12(13-5-3-6-14(18)11-13)9-10-17-15(19)7-4-8-16(17)20/h2-3,5-6,11,18H,4,7-10H2,1H3/b12-2-. The summed E-state index contributed by atoms with van der Waals surface area (Å²) in [4.78, 5) is 24.8. The van der Waals surface area contributed by atoms with E-state index < -0.39 is 0 Å². The Balaban J connectivity index is 2.04. The highest BCUT2D eigenvalue weighted by molar-refractivity contribution is 5.97. The molecule has 1 aliphatic rings. The molecule has 0 radical (unpaired) electrons. The fourth-order valence-electron chi connectivity index (χ4n) is 2.44. The maximum Gasteiger partial charge on any atom is 0.229 e. The molecule has 2 amide bonds. The second-order valence-corrected chi connectivity index (χ2v) is 4.91. The third kappa shape index (κ3) is 3.26. The summed E-state index contributed by atoms with van der Waals surface area (Å²) in [6.07, 6.45) is 4.15. The second kappa shape index (κ2) is 6.37. The molecule has 4 nitrogen and oxygen atoms in total. The van der Waals surface area contributed by atoms with Crippen molar-refractivity contribution in [3.8, 4) is 5.75 Å². The number of amides is 2. The molecule has 2 rings (SSSR count). The summed E-state index contributed by atoms with van der Waals surface area (Å²) in [5.41, 5.74) is 1.94. The highest BCUT2D eigenvalue weighted by atomic mass is 16.3. The van der Waals surface area contributed by atoms with Crippen LogP contribution in [0.5, 0.6) is 5.75 Å². The molecule has 1 saturated heterocycles. The first-order valence-corrected chi connectivity index (χ1v) is 6.89. The molecule has 1 fully saturated rings. The summed E-state index contributed by atoms with van der Waals surface area (Å²) in [7, 11) is 0. The Morgan fingerprint density at radius 3 is 2.60 bits per heavy atom. The van der Waals surface area contributed by atoms with E-state index in [4.69, 9.17) is 0 Å². The number of hydrogen-bond donors (Lipinski definition) is 1. The van der Waals surface area contributed by atoms with Gasteiger partial charge in [0, 0.05) is 19.4 Å². The first-order chi connectivity index (χ1) is 9.61. The van der Waals surface area contributed by atoms with Gasteiger partial charge >= 0.3 is 0 Å². The zero-order valence-corrected chi connectivity index (χ0v) is 11.6. The molecule has 1 heterocycles. The van der Waals surface area contributed by atoms with Crippen molar-refractivity contribution in [1.29, 1.82) is 0 Å². The summed E-state index contributed by atoms with van der Waals surface area (Å²) >= 11 is 0. The molecule has 0 unspecified atom stereocenters. The summed E-state index contributed by atoms with van der Waals surface area (Å²) in [6.45, 7) is 2.33. The van der Waals surface area contributed by atoms with Crippen molar-refractivity contribution in [2.45, 2.75) is 32.6 Å². The number of hydrogen-bond acceptors (Lipinski definition) is 3. The van der Waals surface area contributed by atoms with Crippen molar-refractivity contribution in [1.82, 2.24) is 4.90 Å². The van der Waals surface area contributed by atoms with Crippen LogP contribution in [0.15, 0.2) is 30.3 Å². The molecular weight excluding hydrogens is 254 g/mol. The number of carbonyl (C=O) groups is 2. The highest BCUT2D eigenvalue weighted by Gasteiger charge is 2.25. The molecular formula is C16H19NO3. The number of allylic oxidation sites excluding steroid dienone is 1. The number of phenolic OH excluding ortho intramolecular Hbond substituents is 1. The molecule has 0 aliphatic carbocycles. The van der Waals surface area contributed by atoms with Crippen molar-refractivity contribution in [2.75, 3.05) is 6.54 Å². The maximum absolute atomic E-state index is 11.7. The summed E-state index contributed by atoms with van der Waals surface area (Å²) in [6, 6.07) is 7.00. The molecule has 1 N–H and O–H groups in total. The Labute approximate surface area is 118 Å². The summed E-state index contributed by atoms with van der Waals surface area (Å²) in [5, 5.41) is 9.51. The SMILES string of the molecule is C/C=C(/CCN1C(=O)CCCC1=O)c1cccc(O)c1. The van der Waals surface area contributed by atoms with Crippen LogP contribution in [-0.2, 0) is 9.59 Å². The molecule has 1 aromatic carbocycles.